The Morgan fingerprint density at radius 2 is 2.00 bits per heavy atom. The molecule has 0 aromatic heterocycles. The number of esters is 1. The SMILES string of the molecule is C=C(C(=O)OCCO)C(CC)CC. The van der Waals surface area contributed by atoms with Crippen LogP contribution in [0.5, 0.6) is 0 Å². The molecule has 0 spiro atoms. The standard InChI is InChI=1S/C10H18O3/c1-4-9(5-2)8(3)10(12)13-7-6-11/h9,11H,3-7H2,1-2H3. The minimum atomic E-state index is -0.386. The van der Waals surface area contributed by atoms with Gasteiger partial charge in [-0.2, -0.15) is 0 Å². The summed E-state index contributed by atoms with van der Waals surface area (Å²) in [6, 6.07) is 0. The first-order valence-corrected chi connectivity index (χ1v) is 4.64. The molecule has 0 unspecified atom stereocenters. The van der Waals surface area contributed by atoms with Gasteiger partial charge in [0.1, 0.15) is 6.61 Å². The van der Waals surface area contributed by atoms with E-state index < -0.39 is 0 Å². The van der Waals surface area contributed by atoms with E-state index >= 15 is 0 Å². The van der Waals surface area contributed by atoms with Crippen molar-refractivity contribution in [1.82, 2.24) is 0 Å². The molecular formula is C10H18O3. The minimum absolute atomic E-state index is 0.0536. The number of carbonyl (C=O) groups is 1. The molecule has 0 atom stereocenters. The largest absolute Gasteiger partial charge is 0.460 e. The molecule has 1 N–H and O–H groups in total. The van der Waals surface area contributed by atoms with Gasteiger partial charge in [0.15, 0.2) is 0 Å². The molecule has 0 radical (unpaired) electrons. The van der Waals surface area contributed by atoms with E-state index in [-0.39, 0.29) is 25.1 Å². The van der Waals surface area contributed by atoms with Crippen molar-refractivity contribution in [3.05, 3.63) is 12.2 Å². The zero-order valence-electron chi connectivity index (χ0n) is 8.38. The Morgan fingerprint density at radius 1 is 1.46 bits per heavy atom. The smallest absolute Gasteiger partial charge is 0.333 e. The second kappa shape index (κ2) is 6.66. The first-order chi connectivity index (χ1) is 6.17. The zero-order chi connectivity index (χ0) is 10.3. The Labute approximate surface area is 79.4 Å². The number of aliphatic hydroxyl groups excluding tert-OH is 1. The Balaban J connectivity index is 4.00. The van der Waals surface area contributed by atoms with Gasteiger partial charge in [-0.3, -0.25) is 0 Å². The highest BCUT2D eigenvalue weighted by molar-refractivity contribution is 5.88. The van der Waals surface area contributed by atoms with E-state index in [1.165, 1.54) is 0 Å². The minimum Gasteiger partial charge on any atom is -0.460 e. The highest BCUT2D eigenvalue weighted by Crippen LogP contribution is 2.18. The average molecular weight is 186 g/mol. The van der Waals surface area contributed by atoms with Gasteiger partial charge in [0.05, 0.1) is 6.61 Å². The number of hydrogen-bond donors (Lipinski definition) is 1. The monoisotopic (exact) mass is 186 g/mol. The van der Waals surface area contributed by atoms with Crippen LogP contribution in [0.4, 0.5) is 0 Å². The van der Waals surface area contributed by atoms with Crippen LogP contribution in [0.15, 0.2) is 12.2 Å². The molecular weight excluding hydrogens is 168 g/mol. The molecule has 0 fully saturated rings. The van der Waals surface area contributed by atoms with Crippen LogP contribution in [0.2, 0.25) is 0 Å². The predicted octanol–water partition coefficient (Wildman–Crippen LogP) is 1.51. The Bertz CT molecular complexity index is 171. The maximum atomic E-state index is 11.2. The Morgan fingerprint density at radius 3 is 2.38 bits per heavy atom. The van der Waals surface area contributed by atoms with Crippen molar-refractivity contribution in [1.29, 1.82) is 0 Å². The van der Waals surface area contributed by atoms with Crippen molar-refractivity contribution < 1.29 is 14.6 Å². The summed E-state index contributed by atoms with van der Waals surface area (Å²) in [6.45, 7) is 7.64. The first-order valence-electron chi connectivity index (χ1n) is 4.64. The van der Waals surface area contributed by atoms with Gasteiger partial charge < -0.3 is 9.84 Å². The third kappa shape index (κ3) is 4.08. The quantitative estimate of drug-likeness (QED) is 0.505. The molecule has 3 nitrogen and oxygen atoms in total. The molecule has 0 aliphatic rings. The van der Waals surface area contributed by atoms with E-state index in [0.717, 1.165) is 12.8 Å². The lowest BCUT2D eigenvalue weighted by atomic mass is 9.95. The van der Waals surface area contributed by atoms with E-state index in [0.29, 0.717) is 5.57 Å². The molecule has 0 amide bonds. The normalized spacial score (nSPS) is 10.2. The molecule has 0 saturated carbocycles. The zero-order valence-corrected chi connectivity index (χ0v) is 8.38. The van der Waals surface area contributed by atoms with Gasteiger partial charge in [-0.1, -0.05) is 20.4 Å². The second-order valence-corrected chi connectivity index (χ2v) is 2.90. The third-order valence-corrected chi connectivity index (χ3v) is 2.07. The van der Waals surface area contributed by atoms with E-state index in [1.807, 2.05) is 13.8 Å². The summed E-state index contributed by atoms with van der Waals surface area (Å²) in [5.74, 6) is -0.186. The maximum Gasteiger partial charge on any atom is 0.333 e. The van der Waals surface area contributed by atoms with Crippen LogP contribution in [-0.2, 0) is 9.53 Å². The van der Waals surface area contributed by atoms with Crippen LogP contribution in [0, 0.1) is 5.92 Å². The van der Waals surface area contributed by atoms with Crippen molar-refractivity contribution >= 4 is 5.97 Å². The highest BCUT2D eigenvalue weighted by Gasteiger charge is 2.16. The maximum absolute atomic E-state index is 11.2. The van der Waals surface area contributed by atoms with E-state index in [4.69, 9.17) is 9.84 Å². The summed E-state index contributed by atoms with van der Waals surface area (Å²) >= 11 is 0. The van der Waals surface area contributed by atoms with E-state index in [2.05, 4.69) is 6.58 Å². The van der Waals surface area contributed by atoms with Gasteiger partial charge >= 0.3 is 5.97 Å². The van der Waals surface area contributed by atoms with Crippen molar-refractivity contribution in [2.24, 2.45) is 5.92 Å². The summed E-state index contributed by atoms with van der Waals surface area (Å²) in [4.78, 5) is 11.2. The summed E-state index contributed by atoms with van der Waals surface area (Å²) in [6.07, 6.45) is 1.78. The number of hydrogen-bond acceptors (Lipinski definition) is 3. The van der Waals surface area contributed by atoms with Gasteiger partial charge in [-0.15, -0.1) is 0 Å². The first kappa shape index (κ1) is 12.2. The fourth-order valence-corrected chi connectivity index (χ4v) is 1.18. The van der Waals surface area contributed by atoms with Crippen molar-refractivity contribution in [3.8, 4) is 0 Å². The highest BCUT2D eigenvalue weighted by atomic mass is 16.5. The fourth-order valence-electron chi connectivity index (χ4n) is 1.18. The van der Waals surface area contributed by atoms with Crippen LogP contribution in [0.25, 0.3) is 0 Å². The molecule has 0 heterocycles. The lowest BCUT2D eigenvalue weighted by Gasteiger charge is -2.14. The third-order valence-electron chi connectivity index (χ3n) is 2.07. The molecule has 0 saturated heterocycles. The molecule has 0 aliphatic heterocycles. The van der Waals surface area contributed by atoms with E-state index in [1.54, 1.807) is 0 Å². The molecule has 3 heteroatoms. The molecule has 0 aromatic carbocycles. The van der Waals surface area contributed by atoms with Crippen LogP contribution < -0.4 is 0 Å². The van der Waals surface area contributed by atoms with Crippen LogP contribution >= 0.6 is 0 Å². The second-order valence-electron chi connectivity index (χ2n) is 2.90. The van der Waals surface area contributed by atoms with Crippen molar-refractivity contribution in [2.75, 3.05) is 13.2 Å². The Hall–Kier alpha value is -0.830. The summed E-state index contributed by atoms with van der Waals surface area (Å²) < 4.78 is 4.75. The lowest BCUT2D eigenvalue weighted by Crippen LogP contribution is -2.16. The number of ether oxygens (including phenoxy) is 1. The van der Waals surface area contributed by atoms with Gasteiger partial charge in [0.2, 0.25) is 0 Å². The number of aliphatic hydroxyl groups is 1. The lowest BCUT2D eigenvalue weighted by molar-refractivity contribution is -0.140. The fraction of sp³-hybridized carbons (Fsp3) is 0.700. The number of carbonyl (C=O) groups excluding carboxylic acids is 1. The summed E-state index contributed by atoms with van der Waals surface area (Å²) in [7, 11) is 0. The molecule has 0 aromatic rings. The van der Waals surface area contributed by atoms with Gasteiger partial charge in [-0.25, -0.2) is 4.79 Å². The predicted molar refractivity (Wildman–Crippen MR) is 51.3 cm³/mol. The van der Waals surface area contributed by atoms with Gasteiger partial charge in [-0.05, 0) is 18.8 Å². The van der Waals surface area contributed by atoms with Crippen LogP contribution in [0.3, 0.4) is 0 Å². The van der Waals surface area contributed by atoms with Crippen molar-refractivity contribution in [2.45, 2.75) is 26.7 Å². The topological polar surface area (TPSA) is 46.5 Å². The van der Waals surface area contributed by atoms with E-state index in [9.17, 15) is 4.79 Å². The summed E-state index contributed by atoms with van der Waals surface area (Å²) in [5.41, 5.74) is 0.512. The van der Waals surface area contributed by atoms with Crippen LogP contribution in [-0.4, -0.2) is 24.3 Å². The molecule has 0 bridgehead atoms. The average Bonchev–Trinajstić information content (AvgIpc) is 2.15. The molecule has 76 valence electrons. The van der Waals surface area contributed by atoms with Crippen molar-refractivity contribution in [3.63, 3.8) is 0 Å². The molecule has 13 heavy (non-hydrogen) atoms. The molecule has 0 aliphatic carbocycles. The Kier molecular flexibility index (Phi) is 6.24. The van der Waals surface area contributed by atoms with Crippen LogP contribution in [0.1, 0.15) is 26.7 Å². The summed E-state index contributed by atoms with van der Waals surface area (Å²) in [5, 5.41) is 8.44. The molecule has 0 rings (SSSR count). The van der Waals surface area contributed by atoms with Gasteiger partial charge in [0, 0.05) is 5.57 Å². The van der Waals surface area contributed by atoms with Gasteiger partial charge in [0.25, 0.3) is 0 Å². The number of rotatable bonds is 6.